The fraction of sp³-hybridized carbons (Fsp3) is 0.0500. The van der Waals surface area contributed by atoms with Gasteiger partial charge >= 0.3 is 0 Å². The second kappa shape index (κ2) is 7.32. The van der Waals surface area contributed by atoms with Crippen LogP contribution in [-0.2, 0) is 7.05 Å². The van der Waals surface area contributed by atoms with E-state index in [0.717, 1.165) is 6.07 Å². The lowest BCUT2D eigenvalue weighted by atomic mass is 10.0. The number of pyridine rings is 1. The van der Waals surface area contributed by atoms with Crippen molar-refractivity contribution in [2.24, 2.45) is 7.05 Å². The molecule has 1 aromatic heterocycles. The van der Waals surface area contributed by atoms with Crippen molar-refractivity contribution in [1.29, 1.82) is 0 Å². The molecule has 0 amide bonds. The molecule has 0 aliphatic rings. The van der Waals surface area contributed by atoms with Crippen LogP contribution < -0.4 is 15.8 Å². The Morgan fingerprint density at radius 1 is 1.15 bits per heavy atom. The molecule has 0 saturated heterocycles. The first-order chi connectivity index (χ1) is 12.9. The van der Waals surface area contributed by atoms with Gasteiger partial charge in [0.15, 0.2) is 11.6 Å². The van der Waals surface area contributed by atoms with E-state index in [0.29, 0.717) is 22.9 Å². The molecule has 5 nitrogen and oxygen atoms in total. The summed E-state index contributed by atoms with van der Waals surface area (Å²) in [5.41, 5.74) is 3.10. The van der Waals surface area contributed by atoms with E-state index in [-0.39, 0.29) is 22.6 Å². The van der Waals surface area contributed by atoms with Gasteiger partial charge in [-0.25, -0.2) is 8.78 Å². The lowest BCUT2D eigenvalue weighted by Gasteiger charge is -2.14. The third-order valence-electron chi connectivity index (χ3n) is 3.87. The second-order valence-electron chi connectivity index (χ2n) is 5.70. The van der Waals surface area contributed by atoms with Gasteiger partial charge in [0.2, 0.25) is 0 Å². The van der Waals surface area contributed by atoms with E-state index in [1.165, 1.54) is 41.1 Å². The van der Waals surface area contributed by atoms with Gasteiger partial charge in [0.05, 0.1) is 11.3 Å². The molecule has 27 heavy (non-hydrogen) atoms. The van der Waals surface area contributed by atoms with Gasteiger partial charge in [-0.3, -0.25) is 15.5 Å². The Labute approximate surface area is 153 Å². The number of ether oxygens (including phenoxy) is 1. The summed E-state index contributed by atoms with van der Waals surface area (Å²) in [5, 5.41) is 9.18. The van der Waals surface area contributed by atoms with E-state index in [1.54, 1.807) is 7.05 Å². The molecule has 0 aliphatic heterocycles. The van der Waals surface area contributed by atoms with Gasteiger partial charge in [-0.1, -0.05) is 5.92 Å². The predicted octanol–water partition coefficient (Wildman–Crippen LogP) is 3.91. The first-order valence-electron chi connectivity index (χ1n) is 7.77. The molecule has 0 bridgehead atoms. The van der Waals surface area contributed by atoms with Crippen molar-refractivity contribution in [3.63, 3.8) is 0 Å². The summed E-state index contributed by atoms with van der Waals surface area (Å²) >= 11 is 0. The number of terminal acetylenes is 1. The number of rotatable bonds is 4. The molecule has 0 fully saturated rings. The number of anilines is 1. The molecule has 3 rings (SSSR count). The molecule has 0 aliphatic carbocycles. The van der Waals surface area contributed by atoms with E-state index in [1.807, 2.05) is 5.48 Å². The third-order valence-corrected chi connectivity index (χ3v) is 3.87. The lowest BCUT2D eigenvalue weighted by Crippen LogP contribution is -2.19. The molecule has 0 saturated carbocycles. The molecule has 136 valence electrons. The van der Waals surface area contributed by atoms with Crippen molar-refractivity contribution >= 4 is 5.69 Å². The van der Waals surface area contributed by atoms with Crippen molar-refractivity contribution in [2.45, 2.75) is 0 Å². The van der Waals surface area contributed by atoms with E-state index in [4.69, 9.17) is 11.2 Å². The largest absolute Gasteiger partial charge is 0.454 e. The molecule has 0 radical (unpaired) electrons. The minimum atomic E-state index is -0.866. The highest BCUT2D eigenvalue weighted by Crippen LogP contribution is 2.36. The summed E-state index contributed by atoms with van der Waals surface area (Å²) in [7, 11) is 1.54. The van der Waals surface area contributed by atoms with Gasteiger partial charge in [0.25, 0.3) is 5.56 Å². The maximum atomic E-state index is 14.0. The first kappa shape index (κ1) is 18.2. The average molecular weight is 368 g/mol. The van der Waals surface area contributed by atoms with Gasteiger partial charge < -0.3 is 9.30 Å². The van der Waals surface area contributed by atoms with Crippen LogP contribution in [0, 0.1) is 24.0 Å². The summed E-state index contributed by atoms with van der Waals surface area (Å²) in [6.07, 6.45) is 6.92. The van der Waals surface area contributed by atoms with E-state index in [9.17, 15) is 18.8 Å². The summed E-state index contributed by atoms with van der Waals surface area (Å²) in [5.74, 6) is 0.774. The number of aryl methyl sites for hydroxylation is 1. The van der Waals surface area contributed by atoms with Crippen LogP contribution in [0.15, 0.2) is 53.5 Å². The number of hydrogen-bond donors (Lipinski definition) is 2. The summed E-state index contributed by atoms with van der Waals surface area (Å²) in [6, 6.07) is 8.98. The Kier molecular flexibility index (Phi) is 4.92. The molecule has 2 N–H and O–H groups in total. The van der Waals surface area contributed by atoms with Crippen molar-refractivity contribution < 1.29 is 18.7 Å². The van der Waals surface area contributed by atoms with E-state index < -0.39 is 11.6 Å². The predicted molar refractivity (Wildman–Crippen MR) is 96.9 cm³/mol. The van der Waals surface area contributed by atoms with Crippen LogP contribution in [0.5, 0.6) is 11.5 Å². The number of nitrogens with zero attached hydrogens (tertiary/aromatic N) is 1. The zero-order chi connectivity index (χ0) is 19.6. The Bertz CT molecular complexity index is 1120. The van der Waals surface area contributed by atoms with Gasteiger partial charge in [0, 0.05) is 30.4 Å². The second-order valence-corrected chi connectivity index (χ2v) is 5.70. The third kappa shape index (κ3) is 3.66. The Hall–Kier alpha value is -3.63. The number of aromatic nitrogens is 1. The van der Waals surface area contributed by atoms with Crippen LogP contribution in [0.3, 0.4) is 0 Å². The fourth-order valence-corrected chi connectivity index (χ4v) is 2.55. The van der Waals surface area contributed by atoms with E-state index >= 15 is 0 Å². The molecule has 0 unspecified atom stereocenters. The molecular weight excluding hydrogens is 354 g/mol. The fourth-order valence-electron chi connectivity index (χ4n) is 2.55. The Balaban J connectivity index is 2.16. The quantitative estimate of drug-likeness (QED) is 0.542. The van der Waals surface area contributed by atoms with Crippen LogP contribution in [0.1, 0.15) is 5.56 Å². The van der Waals surface area contributed by atoms with Gasteiger partial charge in [-0.05, 0) is 36.4 Å². The van der Waals surface area contributed by atoms with Crippen LogP contribution in [0.4, 0.5) is 14.5 Å². The number of halogens is 2. The maximum absolute atomic E-state index is 14.0. The minimum absolute atomic E-state index is 0.135. The topological polar surface area (TPSA) is 63.5 Å². The van der Waals surface area contributed by atoms with Gasteiger partial charge in [0.1, 0.15) is 11.6 Å². The van der Waals surface area contributed by atoms with Crippen LogP contribution in [0.2, 0.25) is 0 Å². The van der Waals surface area contributed by atoms with Crippen LogP contribution >= 0.6 is 0 Å². The zero-order valence-corrected chi connectivity index (χ0v) is 14.2. The summed E-state index contributed by atoms with van der Waals surface area (Å²) in [4.78, 5) is 12.0. The number of benzene rings is 2. The maximum Gasteiger partial charge on any atom is 0.266 e. The first-order valence-corrected chi connectivity index (χ1v) is 7.77. The van der Waals surface area contributed by atoms with Crippen molar-refractivity contribution in [3.05, 3.63) is 76.2 Å². The van der Waals surface area contributed by atoms with E-state index in [2.05, 4.69) is 5.92 Å². The monoisotopic (exact) mass is 368 g/mol. The summed E-state index contributed by atoms with van der Waals surface area (Å²) in [6.45, 7) is 0. The highest BCUT2D eigenvalue weighted by molar-refractivity contribution is 5.75. The molecular formula is C20H14F2N2O3. The highest BCUT2D eigenvalue weighted by atomic mass is 19.1. The van der Waals surface area contributed by atoms with Crippen LogP contribution in [0.25, 0.3) is 11.1 Å². The smallest absolute Gasteiger partial charge is 0.266 e. The molecule has 1 heterocycles. The Morgan fingerprint density at radius 2 is 1.89 bits per heavy atom. The lowest BCUT2D eigenvalue weighted by molar-refractivity contribution is 0.388. The molecule has 2 aromatic carbocycles. The van der Waals surface area contributed by atoms with Crippen LogP contribution in [-0.4, -0.2) is 9.77 Å². The standard InChI is InChI=1S/C20H14F2N2O3/c1-3-12-8-13(11-24(2)20(12)25)16-10-15(23-26)5-7-18(16)27-19-6-4-14(21)9-17(19)22/h1,4-11,23,26H,2H3. The van der Waals surface area contributed by atoms with Crippen molar-refractivity contribution in [1.82, 2.24) is 4.57 Å². The molecule has 3 aromatic rings. The number of hydrogen-bond acceptors (Lipinski definition) is 4. The normalized spacial score (nSPS) is 10.3. The average Bonchev–Trinajstić information content (AvgIpc) is 2.66. The molecule has 0 spiro atoms. The highest BCUT2D eigenvalue weighted by Gasteiger charge is 2.14. The summed E-state index contributed by atoms with van der Waals surface area (Å²) < 4.78 is 34.0. The SMILES string of the molecule is C#Cc1cc(-c2cc(NO)ccc2Oc2ccc(F)cc2F)cn(C)c1=O. The van der Waals surface area contributed by atoms with Crippen molar-refractivity contribution in [2.75, 3.05) is 5.48 Å². The van der Waals surface area contributed by atoms with Gasteiger partial charge in [-0.2, -0.15) is 0 Å². The molecule has 0 atom stereocenters. The zero-order valence-electron chi connectivity index (χ0n) is 14.2. The number of nitrogens with one attached hydrogen (secondary N) is 1. The van der Waals surface area contributed by atoms with Crippen molar-refractivity contribution in [3.8, 4) is 35.0 Å². The Morgan fingerprint density at radius 3 is 2.56 bits per heavy atom. The van der Waals surface area contributed by atoms with Gasteiger partial charge in [-0.15, -0.1) is 6.42 Å². The minimum Gasteiger partial charge on any atom is -0.454 e. The molecule has 7 heteroatoms.